The minimum atomic E-state index is -0.456. The van der Waals surface area contributed by atoms with Gasteiger partial charge in [-0.25, -0.2) is 9.98 Å². The number of hydrogen-bond donors (Lipinski definition) is 1. The van der Waals surface area contributed by atoms with Gasteiger partial charge in [0.25, 0.3) is 5.69 Å². The summed E-state index contributed by atoms with van der Waals surface area (Å²) in [5.74, 6) is 1.98. The Labute approximate surface area is 155 Å². The van der Waals surface area contributed by atoms with Crippen molar-refractivity contribution in [3.8, 4) is 11.5 Å². The normalized spacial score (nSPS) is 10.7. The van der Waals surface area contributed by atoms with Crippen LogP contribution in [-0.4, -0.2) is 15.7 Å². The van der Waals surface area contributed by atoms with Gasteiger partial charge in [0.1, 0.15) is 17.3 Å². The Hall–Kier alpha value is -3.45. The van der Waals surface area contributed by atoms with E-state index < -0.39 is 4.92 Å². The van der Waals surface area contributed by atoms with Crippen molar-refractivity contribution in [3.05, 3.63) is 88.6 Å². The Bertz CT molecular complexity index is 898. The minimum Gasteiger partial charge on any atom is -0.457 e. The lowest BCUT2D eigenvalue weighted by Crippen LogP contribution is -2.12. The maximum absolute atomic E-state index is 10.6. The summed E-state index contributed by atoms with van der Waals surface area (Å²) >= 11 is 0. The van der Waals surface area contributed by atoms with E-state index in [-0.39, 0.29) is 18.1 Å². The Morgan fingerprint density at radius 3 is 2.15 bits per heavy atom. The second kappa shape index (κ2) is 8.59. The maximum Gasteiger partial charge on any atom is 0.269 e. The molecule has 3 aromatic rings. The number of nitro benzene ring substituents is 1. The van der Waals surface area contributed by atoms with Crippen LogP contribution in [-0.2, 0) is 0 Å². The molecule has 8 heteroatoms. The fourth-order valence-electron chi connectivity index (χ4n) is 2.07. The number of nitrogens with zero attached hydrogens (tertiary/aromatic N) is 3. The first-order chi connectivity index (χ1) is 12.1. The highest BCUT2D eigenvalue weighted by Gasteiger charge is 2.06. The molecule has 0 unspecified atom stereocenters. The lowest BCUT2D eigenvalue weighted by atomic mass is 10.2. The Morgan fingerprint density at radius 2 is 1.62 bits per heavy atom. The molecule has 0 saturated carbocycles. The molecule has 0 aliphatic heterocycles. The molecule has 2 aromatic carbocycles. The molecule has 1 heterocycles. The van der Waals surface area contributed by atoms with Gasteiger partial charge in [-0.15, -0.1) is 12.4 Å². The smallest absolute Gasteiger partial charge is 0.269 e. The van der Waals surface area contributed by atoms with E-state index in [4.69, 9.17) is 10.5 Å². The summed E-state index contributed by atoms with van der Waals surface area (Å²) in [6, 6.07) is 18.3. The molecule has 0 bridgehead atoms. The number of amidine groups is 1. The average Bonchev–Trinajstić information content (AvgIpc) is 2.63. The summed E-state index contributed by atoms with van der Waals surface area (Å²) in [5, 5.41) is 10.6. The second-order valence-electron chi connectivity index (χ2n) is 5.06. The fraction of sp³-hybridized carbons (Fsp3) is 0. The van der Waals surface area contributed by atoms with Crippen LogP contribution in [0, 0.1) is 10.1 Å². The van der Waals surface area contributed by atoms with E-state index in [0.717, 1.165) is 5.56 Å². The van der Waals surface area contributed by atoms with Crippen molar-refractivity contribution in [2.24, 2.45) is 10.7 Å². The number of halogens is 1. The number of rotatable bonds is 5. The van der Waals surface area contributed by atoms with Gasteiger partial charge in [0.15, 0.2) is 5.82 Å². The van der Waals surface area contributed by atoms with Gasteiger partial charge < -0.3 is 10.5 Å². The quantitative estimate of drug-likeness (QED) is 0.313. The summed E-state index contributed by atoms with van der Waals surface area (Å²) in [6.45, 7) is 0. The summed E-state index contributed by atoms with van der Waals surface area (Å²) in [7, 11) is 0. The highest BCUT2D eigenvalue weighted by atomic mass is 35.5. The lowest BCUT2D eigenvalue weighted by Gasteiger charge is -2.06. The third-order valence-corrected chi connectivity index (χ3v) is 3.32. The molecule has 0 saturated heterocycles. The molecule has 3 rings (SSSR count). The van der Waals surface area contributed by atoms with Crippen molar-refractivity contribution in [2.75, 3.05) is 0 Å². The highest BCUT2D eigenvalue weighted by Crippen LogP contribution is 2.24. The number of pyridine rings is 1. The number of non-ortho nitro benzene ring substituents is 1. The van der Waals surface area contributed by atoms with E-state index in [1.54, 1.807) is 54.7 Å². The number of aliphatic imine (C=N–C) groups is 1. The van der Waals surface area contributed by atoms with Crippen molar-refractivity contribution < 1.29 is 9.66 Å². The zero-order chi connectivity index (χ0) is 17.6. The number of nitrogens with two attached hydrogens (primary N) is 1. The molecule has 0 radical (unpaired) electrons. The van der Waals surface area contributed by atoms with Crippen molar-refractivity contribution in [1.29, 1.82) is 0 Å². The summed E-state index contributed by atoms with van der Waals surface area (Å²) in [4.78, 5) is 18.5. The predicted octanol–water partition coefficient (Wildman–Crippen LogP) is 4.24. The zero-order valence-corrected chi connectivity index (χ0v) is 14.3. The van der Waals surface area contributed by atoms with E-state index in [9.17, 15) is 10.1 Å². The predicted molar refractivity (Wildman–Crippen MR) is 101 cm³/mol. The third kappa shape index (κ3) is 4.78. The van der Waals surface area contributed by atoms with Gasteiger partial charge in [-0.3, -0.25) is 10.1 Å². The minimum absolute atomic E-state index is 0. The first-order valence-electron chi connectivity index (χ1n) is 7.40. The number of aromatic nitrogens is 1. The third-order valence-electron chi connectivity index (χ3n) is 3.32. The average molecular weight is 371 g/mol. The molecule has 0 amide bonds. The fourth-order valence-corrected chi connectivity index (χ4v) is 2.07. The van der Waals surface area contributed by atoms with Gasteiger partial charge in [0, 0.05) is 23.9 Å². The van der Waals surface area contributed by atoms with Gasteiger partial charge in [-0.2, -0.15) is 0 Å². The monoisotopic (exact) mass is 370 g/mol. The molecular formula is C18H15ClN4O3. The molecule has 0 aliphatic carbocycles. The summed E-state index contributed by atoms with van der Waals surface area (Å²) in [5.41, 5.74) is 6.73. The van der Waals surface area contributed by atoms with Gasteiger partial charge in [-0.05, 0) is 48.5 Å². The van der Waals surface area contributed by atoms with Crippen molar-refractivity contribution in [2.45, 2.75) is 0 Å². The van der Waals surface area contributed by atoms with E-state index in [2.05, 4.69) is 9.98 Å². The second-order valence-corrected chi connectivity index (χ2v) is 5.06. The standard InChI is InChI=1S/C18H14N4O3.ClH/c19-18(21-17-3-1-2-12-20-17)13-4-8-15(9-5-13)25-16-10-6-14(7-11-16)22(23)24;/h1-12H,(H2,19,20,21);1H. The molecule has 132 valence electrons. The van der Waals surface area contributed by atoms with Crippen LogP contribution >= 0.6 is 12.4 Å². The largest absolute Gasteiger partial charge is 0.457 e. The Morgan fingerprint density at radius 1 is 1.00 bits per heavy atom. The number of ether oxygens (including phenoxy) is 1. The number of benzene rings is 2. The van der Waals surface area contributed by atoms with Crippen LogP contribution in [0.2, 0.25) is 0 Å². The van der Waals surface area contributed by atoms with Crippen molar-refractivity contribution in [3.63, 3.8) is 0 Å². The SMILES string of the molecule is Cl.N/C(=N\c1ccccn1)c1ccc(Oc2ccc([N+](=O)[O-])cc2)cc1. The van der Waals surface area contributed by atoms with Crippen LogP contribution < -0.4 is 10.5 Å². The Balaban J connectivity index is 0.00000243. The van der Waals surface area contributed by atoms with Crippen LogP contribution in [0.4, 0.5) is 11.5 Å². The molecular weight excluding hydrogens is 356 g/mol. The lowest BCUT2D eigenvalue weighted by molar-refractivity contribution is -0.384. The van der Waals surface area contributed by atoms with Gasteiger partial charge in [-0.1, -0.05) is 6.07 Å². The van der Waals surface area contributed by atoms with Gasteiger partial charge >= 0.3 is 0 Å². The molecule has 0 atom stereocenters. The number of hydrogen-bond acceptors (Lipinski definition) is 5. The van der Waals surface area contributed by atoms with Crippen LogP contribution in [0.25, 0.3) is 0 Å². The Kier molecular flexibility index (Phi) is 6.24. The molecule has 2 N–H and O–H groups in total. The van der Waals surface area contributed by atoms with Crippen molar-refractivity contribution >= 4 is 29.7 Å². The van der Waals surface area contributed by atoms with Gasteiger partial charge in [0.2, 0.25) is 0 Å². The van der Waals surface area contributed by atoms with E-state index >= 15 is 0 Å². The molecule has 0 spiro atoms. The van der Waals surface area contributed by atoms with Crippen LogP contribution in [0.3, 0.4) is 0 Å². The first-order valence-corrected chi connectivity index (χ1v) is 7.40. The van der Waals surface area contributed by atoms with Gasteiger partial charge in [0.05, 0.1) is 4.92 Å². The van der Waals surface area contributed by atoms with Crippen molar-refractivity contribution in [1.82, 2.24) is 4.98 Å². The van der Waals surface area contributed by atoms with E-state index in [1.807, 2.05) is 6.07 Å². The summed E-state index contributed by atoms with van der Waals surface area (Å²) < 4.78 is 5.65. The zero-order valence-electron chi connectivity index (χ0n) is 13.5. The summed E-state index contributed by atoms with van der Waals surface area (Å²) in [6.07, 6.45) is 1.65. The molecule has 0 fully saturated rings. The molecule has 1 aromatic heterocycles. The molecule has 26 heavy (non-hydrogen) atoms. The van der Waals surface area contributed by atoms with E-state index in [1.165, 1.54) is 12.1 Å². The van der Waals surface area contributed by atoms with Crippen LogP contribution in [0.5, 0.6) is 11.5 Å². The number of nitro groups is 1. The topological polar surface area (TPSA) is 104 Å². The highest BCUT2D eigenvalue weighted by molar-refractivity contribution is 5.98. The molecule has 7 nitrogen and oxygen atoms in total. The van der Waals surface area contributed by atoms with Crippen LogP contribution in [0.1, 0.15) is 5.56 Å². The maximum atomic E-state index is 10.6. The molecule has 0 aliphatic rings. The van der Waals surface area contributed by atoms with E-state index in [0.29, 0.717) is 23.2 Å². The van der Waals surface area contributed by atoms with Crippen LogP contribution in [0.15, 0.2) is 77.9 Å². The first kappa shape index (κ1) is 18.9.